The number of unbranched alkanes of at least 4 members (excludes halogenated alkanes) is 11. The molecule has 0 aromatic heterocycles. The Hall–Kier alpha value is -0.570. The van der Waals surface area contributed by atoms with Gasteiger partial charge in [-0.1, -0.05) is 97.3 Å². The second-order valence-corrected chi connectivity index (χ2v) is 7.94. The lowest BCUT2D eigenvalue weighted by Gasteiger charge is -2.36. The number of cyclic esters (lactones) is 1. The maximum Gasteiger partial charge on any atom is 0.313 e. The average Bonchev–Trinajstić information content (AvgIpc) is 2.59. The molecule has 1 heterocycles. The summed E-state index contributed by atoms with van der Waals surface area (Å²) in [5.41, 5.74) is 0. The van der Waals surface area contributed by atoms with Crippen LogP contribution in [-0.2, 0) is 9.53 Å². The third-order valence-electron chi connectivity index (χ3n) is 5.53. The summed E-state index contributed by atoms with van der Waals surface area (Å²) in [5.74, 6) is 0.00592. The van der Waals surface area contributed by atoms with Crippen molar-refractivity contribution in [3.8, 4) is 0 Å². The summed E-state index contributed by atoms with van der Waals surface area (Å²) in [6, 6.07) is 0. The smallest absolute Gasteiger partial charge is 0.313 e. The van der Waals surface area contributed by atoms with Gasteiger partial charge in [0.2, 0.25) is 0 Å². The van der Waals surface area contributed by atoms with Gasteiger partial charge in [-0.3, -0.25) is 4.79 Å². The number of rotatable bonds is 17. The quantitative estimate of drug-likeness (QED) is 0.251. The van der Waals surface area contributed by atoms with Crippen LogP contribution in [0.25, 0.3) is 0 Å². The molecule has 0 aromatic carbocycles. The van der Waals surface area contributed by atoms with Crippen LogP contribution < -0.4 is 0 Å². The van der Waals surface area contributed by atoms with Crippen molar-refractivity contribution >= 4 is 5.97 Å². The number of carbonyl (C=O) groups excluding carboxylic acids is 1. The molecule has 1 unspecified atom stereocenters. The summed E-state index contributed by atoms with van der Waals surface area (Å²) >= 11 is 0. The molecule has 0 saturated carbocycles. The van der Waals surface area contributed by atoms with Crippen molar-refractivity contribution < 1.29 is 14.6 Å². The average molecular weight is 355 g/mol. The summed E-state index contributed by atoms with van der Waals surface area (Å²) in [6.45, 7) is 4.45. The number of esters is 1. The van der Waals surface area contributed by atoms with E-state index >= 15 is 0 Å². The Bertz CT molecular complexity index is 329. The van der Waals surface area contributed by atoms with Gasteiger partial charge >= 0.3 is 5.97 Å². The minimum atomic E-state index is -0.305. The monoisotopic (exact) mass is 354 g/mol. The molecular weight excluding hydrogens is 312 g/mol. The van der Waals surface area contributed by atoms with Crippen LogP contribution in [0.1, 0.15) is 117 Å². The van der Waals surface area contributed by atoms with Crippen molar-refractivity contribution in [2.75, 3.05) is 0 Å². The summed E-state index contributed by atoms with van der Waals surface area (Å²) in [6.07, 6.45) is 18.6. The molecule has 0 radical (unpaired) electrons. The minimum absolute atomic E-state index is 0.0253. The highest BCUT2D eigenvalue weighted by Gasteiger charge is 2.42. The van der Waals surface area contributed by atoms with Crippen LogP contribution in [0.5, 0.6) is 0 Å². The molecule has 25 heavy (non-hydrogen) atoms. The highest BCUT2D eigenvalue weighted by Crippen LogP contribution is 2.31. The van der Waals surface area contributed by atoms with Crippen molar-refractivity contribution in [2.45, 2.75) is 129 Å². The zero-order chi connectivity index (χ0) is 18.3. The first-order chi connectivity index (χ1) is 12.2. The van der Waals surface area contributed by atoms with Crippen molar-refractivity contribution in [2.24, 2.45) is 5.92 Å². The predicted molar refractivity (Wildman–Crippen MR) is 105 cm³/mol. The van der Waals surface area contributed by atoms with Gasteiger partial charge in [0.15, 0.2) is 0 Å². The van der Waals surface area contributed by atoms with Crippen LogP contribution in [-0.4, -0.2) is 23.3 Å². The van der Waals surface area contributed by atoms with Crippen molar-refractivity contribution in [3.05, 3.63) is 0 Å². The van der Waals surface area contributed by atoms with E-state index in [2.05, 4.69) is 13.8 Å². The minimum Gasteiger partial charge on any atom is -0.461 e. The number of aliphatic hydroxyl groups is 1. The van der Waals surface area contributed by atoms with Gasteiger partial charge in [0.05, 0.1) is 12.0 Å². The fourth-order valence-electron chi connectivity index (χ4n) is 3.78. The fraction of sp³-hybridized carbons (Fsp3) is 0.955. The van der Waals surface area contributed by atoms with Crippen molar-refractivity contribution in [1.82, 2.24) is 0 Å². The standard InChI is InChI=1S/C22H42O3/c1-3-5-7-9-10-11-12-13-14-16-19(23)18-21-20(22(24)25-21)17-15-8-6-4-2/h19-21,23H,3-18H2,1-2H3/t19-,20+,21?/m1/s1. The first-order valence-electron chi connectivity index (χ1n) is 11.1. The Morgan fingerprint density at radius 3 is 1.92 bits per heavy atom. The number of carbonyl (C=O) groups is 1. The van der Waals surface area contributed by atoms with Gasteiger partial charge in [-0.25, -0.2) is 0 Å². The molecule has 148 valence electrons. The van der Waals surface area contributed by atoms with E-state index in [1.165, 1.54) is 70.6 Å². The Morgan fingerprint density at radius 1 is 0.840 bits per heavy atom. The number of hydrogen-bond donors (Lipinski definition) is 1. The van der Waals surface area contributed by atoms with E-state index in [0.29, 0.717) is 6.42 Å². The van der Waals surface area contributed by atoms with Crippen LogP contribution in [0.15, 0.2) is 0 Å². The van der Waals surface area contributed by atoms with Gasteiger partial charge in [-0.05, 0) is 12.8 Å². The Morgan fingerprint density at radius 2 is 1.36 bits per heavy atom. The second kappa shape index (κ2) is 14.6. The lowest BCUT2D eigenvalue weighted by Crippen LogP contribution is -2.46. The molecule has 3 nitrogen and oxygen atoms in total. The molecule has 1 aliphatic heterocycles. The van der Waals surface area contributed by atoms with E-state index in [1.54, 1.807) is 0 Å². The molecule has 0 spiro atoms. The third-order valence-corrected chi connectivity index (χ3v) is 5.53. The van der Waals surface area contributed by atoms with Gasteiger partial charge < -0.3 is 9.84 Å². The molecule has 0 aromatic rings. The van der Waals surface area contributed by atoms with E-state index in [0.717, 1.165) is 25.7 Å². The van der Waals surface area contributed by atoms with E-state index in [1.807, 2.05) is 0 Å². The SMILES string of the molecule is CCCCCCCCCCC[C@@H](O)CC1OC(=O)[C@H]1CCCCCC. The summed E-state index contributed by atoms with van der Waals surface area (Å²) < 4.78 is 5.27. The molecule has 3 atom stereocenters. The number of hydrogen-bond acceptors (Lipinski definition) is 3. The molecule has 3 heteroatoms. The lowest BCUT2D eigenvalue weighted by molar-refractivity contribution is -0.188. The summed E-state index contributed by atoms with van der Waals surface area (Å²) in [5, 5.41) is 10.2. The zero-order valence-corrected chi connectivity index (χ0v) is 16.8. The molecule has 1 rings (SSSR count). The first kappa shape index (κ1) is 22.5. The van der Waals surface area contributed by atoms with Gasteiger partial charge in [0.1, 0.15) is 6.10 Å². The zero-order valence-electron chi connectivity index (χ0n) is 16.8. The second-order valence-electron chi connectivity index (χ2n) is 7.94. The van der Waals surface area contributed by atoms with Gasteiger partial charge in [-0.2, -0.15) is 0 Å². The Balaban J connectivity index is 1.98. The fourth-order valence-corrected chi connectivity index (χ4v) is 3.78. The van der Waals surface area contributed by atoms with E-state index < -0.39 is 0 Å². The highest BCUT2D eigenvalue weighted by atomic mass is 16.6. The van der Waals surface area contributed by atoms with Crippen molar-refractivity contribution in [3.63, 3.8) is 0 Å². The van der Waals surface area contributed by atoms with E-state index in [9.17, 15) is 9.90 Å². The lowest BCUT2D eigenvalue weighted by atomic mass is 9.86. The third kappa shape index (κ3) is 10.2. The molecule has 1 saturated heterocycles. The molecule has 1 N–H and O–H groups in total. The van der Waals surface area contributed by atoms with Gasteiger partial charge in [-0.15, -0.1) is 0 Å². The van der Waals surface area contributed by atoms with Crippen molar-refractivity contribution in [1.29, 1.82) is 0 Å². The normalized spacial score (nSPS) is 21.0. The van der Waals surface area contributed by atoms with Crippen LogP contribution in [0.2, 0.25) is 0 Å². The Kier molecular flexibility index (Phi) is 13.1. The molecular formula is C22H42O3. The predicted octanol–water partition coefficient (Wildman–Crippen LogP) is 6.17. The summed E-state index contributed by atoms with van der Waals surface area (Å²) in [4.78, 5) is 11.6. The van der Waals surface area contributed by atoms with Crippen LogP contribution >= 0.6 is 0 Å². The first-order valence-corrected chi connectivity index (χ1v) is 11.1. The van der Waals surface area contributed by atoms with Gasteiger partial charge in [0.25, 0.3) is 0 Å². The van der Waals surface area contributed by atoms with Crippen LogP contribution in [0.3, 0.4) is 0 Å². The Labute approximate surface area is 155 Å². The molecule has 0 aliphatic carbocycles. The number of aliphatic hydroxyl groups excluding tert-OH is 1. The molecule has 0 amide bonds. The summed E-state index contributed by atoms with van der Waals surface area (Å²) in [7, 11) is 0. The number of ether oxygens (including phenoxy) is 1. The van der Waals surface area contributed by atoms with Gasteiger partial charge in [0, 0.05) is 6.42 Å². The maximum absolute atomic E-state index is 11.6. The van der Waals surface area contributed by atoms with E-state index in [-0.39, 0.29) is 24.1 Å². The molecule has 0 bridgehead atoms. The van der Waals surface area contributed by atoms with E-state index in [4.69, 9.17) is 4.74 Å². The topological polar surface area (TPSA) is 46.5 Å². The van der Waals surface area contributed by atoms with Crippen LogP contribution in [0, 0.1) is 5.92 Å². The highest BCUT2D eigenvalue weighted by molar-refractivity contribution is 5.78. The molecule has 1 fully saturated rings. The van der Waals surface area contributed by atoms with Crippen LogP contribution in [0.4, 0.5) is 0 Å². The maximum atomic E-state index is 11.6. The molecule has 1 aliphatic rings. The largest absolute Gasteiger partial charge is 0.461 e.